The van der Waals surface area contributed by atoms with Crippen LogP contribution in [0.2, 0.25) is 0 Å². The summed E-state index contributed by atoms with van der Waals surface area (Å²) in [5.41, 5.74) is 5.59. The fourth-order valence-corrected chi connectivity index (χ4v) is 3.73. The first-order chi connectivity index (χ1) is 13.5. The van der Waals surface area contributed by atoms with Gasteiger partial charge in [0.05, 0.1) is 5.75 Å². The highest BCUT2D eigenvalue weighted by atomic mass is 32.2. The number of carbonyl (C=O) groups excluding carboxylic acids is 1. The fourth-order valence-electron chi connectivity index (χ4n) is 2.93. The highest BCUT2D eigenvalue weighted by Gasteiger charge is 2.08. The van der Waals surface area contributed by atoms with Gasteiger partial charge in [-0.3, -0.25) is 4.79 Å². The van der Waals surface area contributed by atoms with Crippen molar-refractivity contribution in [3.63, 3.8) is 0 Å². The van der Waals surface area contributed by atoms with Gasteiger partial charge < -0.3 is 15.7 Å². The molecule has 0 spiro atoms. The van der Waals surface area contributed by atoms with Crippen LogP contribution < -0.4 is 10.6 Å². The molecule has 3 aromatic rings. The average molecular weight is 393 g/mol. The van der Waals surface area contributed by atoms with Crippen molar-refractivity contribution in [2.45, 2.75) is 19.6 Å². The van der Waals surface area contributed by atoms with Crippen LogP contribution in [0.1, 0.15) is 16.7 Å². The number of para-hydroxylation sites is 1. The predicted octanol–water partition coefficient (Wildman–Crippen LogP) is 5.62. The van der Waals surface area contributed by atoms with Crippen LogP contribution >= 0.6 is 11.8 Å². The van der Waals surface area contributed by atoms with Crippen molar-refractivity contribution < 1.29 is 9.90 Å². The quantitative estimate of drug-likeness (QED) is 0.488. The number of thioether (sulfide) groups is 1. The third-order valence-electron chi connectivity index (χ3n) is 4.25. The van der Waals surface area contributed by atoms with E-state index in [0.717, 1.165) is 33.8 Å². The Hall–Kier alpha value is -2.92. The fraction of sp³-hybridized carbons (Fsp3) is 0.174. The summed E-state index contributed by atoms with van der Waals surface area (Å²) in [5.74, 6) is 1.19. The van der Waals surface area contributed by atoms with Crippen LogP contribution in [0.4, 0.5) is 17.1 Å². The minimum Gasteiger partial charge on any atom is -0.507 e. The van der Waals surface area contributed by atoms with E-state index in [1.165, 1.54) is 11.8 Å². The molecule has 1 amide bonds. The highest BCUT2D eigenvalue weighted by Crippen LogP contribution is 2.27. The predicted molar refractivity (Wildman–Crippen MR) is 119 cm³/mol. The average Bonchev–Trinajstić information content (AvgIpc) is 2.68. The van der Waals surface area contributed by atoms with Gasteiger partial charge in [-0.05, 0) is 55.8 Å². The Bertz CT molecular complexity index is 941. The van der Waals surface area contributed by atoms with Crippen LogP contribution in [-0.2, 0) is 10.5 Å². The number of benzene rings is 3. The smallest absolute Gasteiger partial charge is 0.234 e. The summed E-state index contributed by atoms with van der Waals surface area (Å²) in [6, 6.07) is 21.5. The lowest BCUT2D eigenvalue weighted by atomic mass is 10.1. The van der Waals surface area contributed by atoms with Crippen LogP contribution in [0, 0.1) is 13.8 Å². The van der Waals surface area contributed by atoms with Gasteiger partial charge in [0.15, 0.2) is 0 Å². The van der Waals surface area contributed by atoms with Gasteiger partial charge in [-0.15, -0.1) is 11.8 Å². The monoisotopic (exact) mass is 392 g/mol. The number of carbonyl (C=O) groups is 1. The molecule has 0 atom stereocenters. The summed E-state index contributed by atoms with van der Waals surface area (Å²) in [7, 11) is 0. The molecule has 3 aromatic carbocycles. The summed E-state index contributed by atoms with van der Waals surface area (Å²) >= 11 is 1.49. The Balaban J connectivity index is 1.48. The Kier molecular flexibility index (Phi) is 6.61. The highest BCUT2D eigenvalue weighted by molar-refractivity contribution is 7.99. The van der Waals surface area contributed by atoms with E-state index >= 15 is 0 Å². The van der Waals surface area contributed by atoms with Gasteiger partial charge in [-0.1, -0.05) is 35.9 Å². The van der Waals surface area contributed by atoms with Gasteiger partial charge in [0.2, 0.25) is 5.91 Å². The molecule has 0 radical (unpaired) electrons. The van der Waals surface area contributed by atoms with E-state index in [1.54, 1.807) is 0 Å². The number of phenols is 1. The summed E-state index contributed by atoms with van der Waals surface area (Å²) in [6.45, 7) is 3.89. The Labute approximate surface area is 170 Å². The maximum absolute atomic E-state index is 12.2. The number of aryl methyl sites for hydroxylation is 2. The second-order valence-electron chi connectivity index (χ2n) is 6.70. The van der Waals surface area contributed by atoms with Crippen molar-refractivity contribution in [3.05, 3.63) is 83.4 Å². The minimum absolute atomic E-state index is 0.0577. The lowest BCUT2D eigenvalue weighted by molar-refractivity contribution is -0.113. The van der Waals surface area contributed by atoms with Gasteiger partial charge in [-0.25, -0.2) is 0 Å². The zero-order valence-electron chi connectivity index (χ0n) is 16.0. The standard InChI is InChI=1S/C23H24N2O2S/c1-16-12-17(2)23(27)18(13-16)14-28-15-22(26)25-21-10-8-20(9-11-21)24-19-6-4-3-5-7-19/h3-13,24,27H,14-15H2,1-2H3,(H,25,26). The zero-order chi connectivity index (χ0) is 19.9. The van der Waals surface area contributed by atoms with Crippen molar-refractivity contribution in [1.29, 1.82) is 0 Å². The molecule has 0 bridgehead atoms. The summed E-state index contributed by atoms with van der Waals surface area (Å²) in [6.07, 6.45) is 0. The van der Waals surface area contributed by atoms with Crippen LogP contribution in [0.25, 0.3) is 0 Å². The summed E-state index contributed by atoms with van der Waals surface area (Å²) in [4.78, 5) is 12.2. The van der Waals surface area contributed by atoms with Crippen molar-refractivity contribution in [2.75, 3.05) is 16.4 Å². The zero-order valence-corrected chi connectivity index (χ0v) is 16.8. The first kappa shape index (κ1) is 19.8. The van der Waals surface area contributed by atoms with E-state index in [9.17, 15) is 9.90 Å². The second-order valence-corrected chi connectivity index (χ2v) is 7.68. The molecular formula is C23H24N2O2S. The van der Waals surface area contributed by atoms with E-state index in [2.05, 4.69) is 10.6 Å². The van der Waals surface area contributed by atoms with Crippen LogP contribution in [0.5, 0.6) is 5.75 Å². The third-order valence-corrected chi connectivity index (χ3v) is 5.23. The number of phenolic OH excluding ortho intramolecular Hbond substituents is 1. The second kappa shape index (κ2) is 9.33. The summed E-state index contributed by atoms with van der Waals surface area (Å²) in [5, 5.41) is 16.4. The normalized spacial score (nSPS) is 10.5. The lowest BCUT2D eigenvalue weighted by Crippen LogP contribution is -2.14. The number of hydrogen-bond acceptors (Lipinski definition) is 4. The van der Waals surface area contributed by atoms with Gasteiger partial charge in [0.25, 0.3) is 0 Å². The number of hydrogen-bond donors (Lipinski definition) is 3. The first-order valence-corrected chi connectivity index (χ1v) is 10.3. The molecule has 144 valence electrons. The molecule has 3 rings (SSSR count). The molecule has 5 heteroatoms. The number of rotatable bonds is 7. The molecule has 28 heavy (non-hydrogen) atoms. The van der Waals surface area contributed by atoms with Crippen LogP contribution in [-0.4, -0.2) is 16.8 Å². The molecule has 0 heterocycles. The minimum atomic E-state index is -0.0577. The van der Waals surface area contributed by atoms with E-state index in [-0.39, 0.29) is 5.91 Å². The molecular weight excluding hydrogens is 368 g/mol. The molecule has 0 fully saturated rings. The molecule has 0 saturated carbocycles. The molecule has 0 aromatic heterocycles. The molecule has 4 nitrogen and oxygen atoms in total. The SMILES string of the molecule is Cc1cc(C)c(O)c(CSCC(=O)Nc2ccc(Nc3ccccc3)cc2)c1. The summed E-state index contributed by atoms with van der Waals surface area (Å²) < 4.78 is 0. The largest absolute Gasteiger partial charge is 0.507 e. The molecule has 0 saturated heterocycles. The van der Waals surface area contributed by atoms with E-state index in [4.69, 9.17) is 0 Å². The molecule has 0 aliphatic rings. The van der Waals surface area contributed by atoms with Gasteiger partial charge >= 0.3 is 0 Å². The number of anilines is 3. The number of amides is 1. The van der Waals surface area contributed by atoms with Gasteiger partial charge in [0, 0.05) is 28.4 Å². The van der Waals surface area contributed by atoms with Crippen molar-refractivity contribution >= 4 is 34.7 Å². The van der Waals surface area contributed by atoms with E-state index in [0.29, 0.717) is 17.3 Å². The Morgan fingerprint density at radius 3 is 2.29 bits per heavy atom. The molecule has 3 N–H and O–H groups in total. The topological polar surface area (TPSA) is 61.4 Å². The number of nitrogens with one attached hydrogen (secondary N) is 2. The van der Waals surface area contributed by atoms with E-state index < -0.39 is 0 Å². The van der Waals surface area contributed by atoms with Crippen molar-refractivity contribution in [2.24, 2.45) is 0 Å². The Morgan fingerprint density at radius 2 is 1.57 bits per heavy atom. The molecule has 0 unspecified atom stereocenters. The lowest BCUT2D eigenvalue weighted by Gasteiger charge is -2.10. The van der Waals surface area contributed by atoms with Crippen molar-refractivity contribution in [3.8, 4) is 5.75 Å². The third kappa shape index (κ3) is 5.54. The van der Waals surface area contributed by atoms with E-state index in [1.807, 2.05) is 80.6 Å². The van der Waals surface area contributed by atoms with Crippen LogP contribution in [0.3, 0.4) is 0 Å². The number of aromatic hydroxyl groups is 1. The van der Waals surface area contributed by atoms with Gasteiger partial charge in [0.1, 0.15) is 5.75 Å². The molecule has 0 aliphatic carbocycles. The van der Waals surface area contributed by atoms with Crippen molar-refractivity contribution in [1.82, 2.24) is 0 Å². The first-order valence-electron chi connectivity index (χ1n) is 9.10. The maximum atomic E-state index is 12.2. The van der Waals surface area contributed by atoms with Gasteiger partial charge in [-0.2, -0.15) is 0 Å². The molecule has 0 aliphatic heterocycles. The van der Waals surface area contributed by atoms with Crippen LogP contribution in [0.15, 0.2) is 66.7 Å². The maximum Gasteiger partial charge on any atom is 0.234 e. The Morgan fingerprint density at radius 1 is 0.929 bits per heavy atom.